The first-order valence-corrected chi connectivity index (χ1v) is 5.12. The Kier molecular flexibility index (Phi) is 3.39. The fourth-order valence-corrected chi connectivity index (χ4v) is 1.38. The number of hydrogen-bond acceptors (Lipinski definition) is 8. The van der Waals surface area contributed by atoms with Gasteiger partial charge < -0.3 is 15.9 Å². The maximum Gasteiger partial charge on any atom is 0.311 e. The van der Waals surface area contributed by atoms with Crippen LogP contribution < -0.4 is 21.7 Å². The molecule has 5 N–H and O–H groups in total. The van der Waals surface area contributed by atoms with E-state index in [0.29, 0.717) is 0 Å². The minimum absolute atomic E-state index is 0.0496. The predicted octanol–water partition coefficient (Wildman–Crippen LogP) is 1.04. The van der Waals surface area contributed by atoms with Crippen LogP contribution in [0.15, 0.2) is 30.3 Å². The summed E-state index contributed by atoms with van der Waals surface area (Å²) >= 11 is 0. The molecule has 0 unspecified atom stereocenters. The number of nitrogens with one attached hydrogen (secondary N) is 1. The molecular weight excluding hydrogens is 252 g/mol. The molecule has 2 rings (SSSR count). The van der Waals surface area contributed by atoms with Gasteiger partial charge in [0.05, 0.1) is 4.92 Å². The quantitative estimate of drug-likeness (QED) is 0.421. The number of hydrogen-bond donors (Lipinski definition) is 3. The van der Waals surface area contributed by atoms with Gasteiger partial charge in [0.2, 0.25) is 17.6 Å². The summed E-state index contributed by atoms with van der Waals surface area (Å²) in [6, 6.07) is 7.28. The van der Waals surface area contributed by atoms with Crippen LogP contribution in [0.5, 0.6) is 11.6 Å². The van der Waals surface area contributed by atoms with Gasteiger partial charge in [0.15, 0.2) is 0 Å². The molecule has 19 heavy (non-hydrogen) atoms. The SMILES string of the molecule is NNc1cc(Oc2ccccc2[N+](=O)[O-])nc(N)n1. The van der Waals surface area contributed by atoms with Gasteiger partial charge in [-0.15, -0.1) is 0 Å². The first-order valence-electron chi connectivity index (χ1n) is 5.12. The van der Waals surface area contributed by atoms with Crippen molar-refractivity contribution in [2.24, 2.45) is 5.84 Å². The van der Waals surface area contributed by atoms with E-state index >= 15 is 0 Å². The van der Waals surface area contributed by atoms with Crippen molar-refractivity contribution in [3.8, 4) is 11.6 Å². The maximum atomic E-state index is 10.8. The van der Waals surface area contributed by atoms with Gasteiger partial charge >= 0.3 is 5.69 Å². The highest BCUT2D eigenvalue weighted by Crippen LogP contribution is 2.30. The lowest BCUT2D eigenvalue weighted by Gasteiger charge is -2.07. The molecule has 1 aromatic carbocycles. The van der Waals surface area contributed by atoms with E-state index in [1.807, 2.05) is 0 Å². The fourth-order valence-electron chi connectivity index (χ4n) is 1.38. The Bertz CT molecular complexity index is 618. The Morgan fingerprint density at radius 1 is 1.32 bits per heavy atom. The van der Waals surface area contributed by atoms with Gasteiger partial charge in [-0.25, -0.2) is 5.84 Å². The second kappa shape index (κ2) is 5.14. The summed E-state index contributed by atoms with van der Waals surface area (Å²) < 4.78 is 5.33. The summed E-state index contributed by atoms with van der Waals surface area (Å²) in [4.78, 5) is 17.9. The number of anilines is 2. The summed E-state index contributed by atoms with van der Waals surface area (Å²) in [6.07, 6.45) is 0. The van der Waals surface area contributed by atoms with Gasteiger partial charge in [-0.3, -0.25) is 10.1 Å². The van der Waals surface area contributed by atoms with Crippen molar-refractivity contribution in [1.29, 1.82) is 0 Å². The highest BCUT2D eigenvalue weighted by molar-refractivity contribution is 5.49. The maximum absolute atomic E-state index is 10.8. The van der Waals surface area contributed by atoms with Crippen molar-refractivity contribution >= 4 is 17.5 Å². The molecule has 2 aromatic rings. The third-order valence-electron chi connectivity index (χ3n) is 2.14. The molecule has 1 heterocycles. The van der Waals surface area contributed by atoms with Crippen LogP contribution in [0.3, 0.4) is 0 Å². The van der Waals surface area contributed by atoms with Crippen molar-refractivity contribution < 1.29 is 9.66 Å². The van der Waals surface area contributed by atoms with Gasteiger partial charge in [-0.2, -0.15) is 9.97 Å². The van der Waals surface area contributed by atoms with E-state index < -0.39 is 4.92 Å². The van der Waals surface area contributed by atoms with Crippen LogP contribution in [0.2, 0.25) is 0 Å². The molecule has 0 fully saturated rings. The molecule has 0 aliphatic heterocycles. The number of aromatic nitrogens is 2. The van der Waals surface area contributed by atoms with E-state index in [0.717, 1.165) is 0 Å². The molecule has 0 amide bonds. The van der Waals surface area contributed by atoms with Crippen LogP contribution in [0.1, 0.15) is 0 Å². The van der Waals surface area contributed by atoms with Crippen LogP contribution in [0, 0.1) is 10.1 Å². The predicted molar refractivity (Wildman–Crippen MR) is 67.4 cm³/mol. The molecule has 0 aliphatic rings. The van der Waals surface area contributed by atoms with Crippen LogP contribution in [-0.4, -0.2) is 14.9 Å². The van der Waals surface area contributed by atoms with Gasteiger partial charge in [-0.1, -0.05) is 12.1 Å². The van der Waals surface area contributed by atoms with Crippen molar-refractivity contribution in [3.63, 3.8) is 0 Å². The lowest BCUT2D eigenvalue weighted by atomic mass is 10.3. The molecule has 9 nitrogen and oxygen atoms in total. The summed E-state index contributed by atoms with van der Waals surface area (Å²) in [5, 5.41) is 10.8. The smallest absolute Gasteiger partial charge is 0.311 e. The lowest BCUT2D eigenvalue weighted by Crippen LogP contribution is -2.10. The average molecular weight is 262 g/mol. The number of nitrogen functional groups attached to an aromatic ring is 2. The normalized spacial score (nSPS) is 9.95. The summed E-state index contributed by atoms with van der Waals surface area (Å²) in [5.41, 5.74) is 7.56. The Balaban J connectivity index is 2.36. The molecule has 0 atom stereocenters. The second-order valence-electron chi connectivity index (χ2n) is 3.42. The number of rotatable bonds is 4. The zero-order valence-electron chi connectivity index (χ0n) is 9.61. The van der Waals surface area contributed by atoms with E-state index in [2.05, 4.69) is 15.4 Å². The Labute approximate surface area is 107 Å². The standard InChI is InChI=1S/C10H10N6O3/c11-10-13-8(15-12)5-9(14-10)19-7-4-2-1-3-6(7)16(17)18/h1-5H,12H2,(H3,11,13,14,15). The number of nitro groups is 1. The van der Waals surface area contributed by atoms with Crippen molar-refractivity contribution in [3.05, 3.63) is 40.4 Å². The molecule has 0 aliphatic carbocycles. The lowest BCUT2D eigenvalue weighted by molar-refractivity contribution is -0.385. The molecule has 0 saturated carbocycles. The molecule has 0 spiro atoms. The van der Waals surface area contributed by atoms with E-state index in [1.54, 1.807) is 6.07 Å². The number of ether oxygens (including phenoxy) is 1. The highest BCUT2D eigenvalue weighted by Gasteiger charge is 2.15. The molecule has 9 heteroatoms. The van der Waals surface area contributed by atoms with Crippen LogP contribution in [-0.2, 0) is 0 Å². The zero-order chi connectivity index (χ0) is 13.8. The van der Waals surface area contributed by atoms with E-state index in [9.17, 15) is 10.1 Å². The average Bonchev–Trinajstić information content (AvgIpc) is 2.38. The Morgan fingerprint density at radius 3 is 2.74 bits per heavy atom. The second-order valence-corrected chi connectivity index (χ2v) is 3.42. The van der Waals surface area contributed by atoms with E-state index in [-0.39, 0.29) is 29.1 Å². The number of nitrogens with zero attached hydrogens (tertiary/aromatic N) is 3. The molecule has 0 radical (unpaired) electrons. The van der Waals surface area contributed by atoms with E-state index in [4.69, 9.17) is 16.3 Å². The van der Waals surface area contributed by atoms with Crippen LogP contribution >= 0.6 is 0 Å². The van der Waals surface area contributed by atoms with Gasteiger partial charge in [0, 0.05) is 12.1 Å². The number of nitro benzene ring substituents is 1. The molecule has 98 valence electrons. The Hall–Kier alpha value is -2.94. The minimum atomic E-state index is -0.554. The molecule has 0 bridgehead atoms. The largest absolute Gasteiger partial charge is 0.432 e. The minimum Gasteiger partial charge on any atom is -0.432 e. The topological polar surface area (TPSA) is 142 Å². The summed E-state index contributed by atoms with van der Waals surface area (Å²) in [6.45, 7) is 0. The van der Waals surface area contributed by atoms with Gasteiger partial charge in [0.1, 0.15) is 5.82 Å². The number of nitrogens with two attached hydrogens (primary N) is 2. The highest BCUT2D eigenvalue weighted by atomic mass is 16.6. The van der Waals surface area contributed by atoms with Crippen LogP contribution in [0.25, 0.3) is 0 Å². The van der Waals surface area contributed by atoms with Crippen LogP contribution in [0.4, 0.5) is 17.5 Å². The van der Waals surface area contributed by atoms with E-state index in [1.165, 1.54) is 24.3 Å². The van der Waals surface area contributed by atoms with Gasteiger partial charge in [0.25, 0.3) is 0 Å². The summed E-state index contributed by atoms with van der Waals surface area (Å²) in [5.74, 6) is 5.47. The van der Waals surface area contributed by atoms with Crippen molar-refractivity contribution in [2.75, 3.05) is 11.2 Å². The third-order valence-corrected chi connectivity index (χ3v) is 2.14. The number of para-hydroxylation sites is 2. The molecular formula is C10H10N6O3. The Morgan fingerprint density at radius 2 is 2.05 bits per heavy atom. The first-order chi connectivity index (χ1) is 9.10. The number of benzene rings is 1. The summed E-state index contributed by atoms with van der Waals surface area (Å²) in [7, 11) is 0. The number of hydrazine groups is 1. The van der Waals surface area contributed by atoms with Crippen molar-refractivity contribution in [1.82, 2.24) is 9.97 Å². The molecule has 0 saturated heterocycles. The zero-order valence-corrected chi connectivity index (χ0v) is 9.61. The third kappa shape index (κ3) is 2.84. The van der Waals surface area contributed by atoms with Gasteiger partial charge in [-0.05, 0) is 6.07 Å². The van der Waals surface area contributed by atoms with Crippen molar-refractivity contribution in [2.45, 2.75) is 0 Å². The fraction of sp³-hybridized carbons (Fsp3) is 0. The first kappa shape index (κ1) is 12.5. The monoisotopic (exact) mass is 262 g/mol. The molecule has 1 aromatic heterocycles.